The molecule has 6 nitrogen and oxygen atoms in total. The minimum absolute atomic E-state index is 0.111. The van der Waals surface area contributed by atoms with Crippen LogP contribution in [0.4, 0.5) is 0 Å². The molecule has 6 heteroatoms. The van der Waals surface area contributed by atoms with Crippen molar-refractivity contribution in [2.45, 2.75) is 20.4 Å². The molecule has 86 valence electrons. The number of hydrogen-bond donors (Lipinski definition) is 1. The molecule has 0 fully saturated rings. The van der Waals surface area contributed by atoms with E-state index in [0.29, 0.717) is 6.54 Å². The number of aromatic nitrogens is 4. The number of rotatable bonds is 2. The van der Waals surface area contributed by atoms with Gasteiger partial charge in [0.05, 0.1) is 6.30 Å². The van der Waals surface area contributed by atoms with Gasteiger partial charge in [-0.2, -0.15) is 0 Å². The van der Waals surface area contributed by atoms with E-state index in [2.05, 4.69) is 9.97 Å². The van der Waals surface area contributed by atoms with Gasteiger partial charge in [-0.1, -0.05) is 13.8 Å². The van der Waals surface area contributed by atoms with Crippen molar-refractivity contribution in [3.8, 4) is 0 Å². The lowest BCUT2D eigenvalue weighted by atomic mass is 10.2. The first kappa shape index (κ1) is 9.38. The highest BCUT2D eigenvalue weighted by Gasteiger charge is 2.13. The van der Waals surface area contributed by atoms with Gasteiger partial charge >= 0.3 is 5.69 Å². The van der Waals surface area contributed by atoms with Gasteiger partial charge in [0, 0.05) is 13.6 Å². The zero-order valence-corrected chi connectivity index (χ0v) is 9.44. The van der Waals surface area contributed by atoms with Crippen LogP contribution >= 0.6 is 0 Å². The maximum absolute atomic E-state index is 12.0. The average molecular weight is 223 g/mol. The van der Waals surface area contributed by atoms with Gasteiger partial charge < -0.3 is 4.98 Å². The summed E-state index contributed by atoms with van der Waals surface area (Å²) in [5.74, 6) is 0.249. The highest BCUT2D eigenvalue weighted by molar-refractivity contribution is 5.68. The Balaban J connectivity index is 2.90. The van der Waals surface area contributed by atoms with Crippen LogP contribution in [-0.4, -0.2) is 19.1 Å². The van der Waals surface area contributed by atoms with Crippen molar-refractivity contribution in [2.75, 3.05) is 0 Å². The number of imidazole rings is 1. The smallest absolute Gasteiger partial charge is 0.332 e. The molecule has 0 saturated carbocycles. The number of fused-ring (bicyclic) bond motifs is 1. The van der Waals surface area contributed by atoms with Crippen molar-refractivity contribution in [3.63, 3.8) is 0 Å². The Labute approximate surface area is 93.0 Å². The Bertz CT molecular complexity index is 680. The summed E-state index contributed by atoms with van der Waals surface area (Å²) in [6, 6.07) is 0. The van der Waals surface area contributed by atoms with Crippen LogP contribution in [0.1, 0.15) is 15.2 Å². The molecule has 16 heavy (non-hydrogen) atoms. The molecule has 0 aliphatic carbocycles. The van der Waals surface area contributed by atoms with Crippen molar-refractivity contribution in [1.82, 2.24) is 19.1 Å². The predicted molar refractivity (Wildman–Crippen MR) is 60.4 cm³/mol. The second kappa shape index (κ2) is 3.62. The summed E-state index contributed by atoms with van der Waals surface area (Å²) >= 11 is 0. The molecule has 0 radical (unpaired) electrons. The maximum atomic E-state index is 12.0. The Morgan fingerprint density at radius 3 is 2.88 bits per heavy atom. The summed E-state index contributed by atoms with van der Waals surface area (Å²) in [6.07, 6.45) is -0.111. The van der Waals surface area contributed by atoms with Crippen LogP contribution in [0.3, 0.4) is 0 Å². The number of nitrogens with one attached hydrogen (secondary N) is 1. The van der Waals surface area contributed by atoms with E-state index in [-0.39, 0.29) is 23.4 Å². The third kappa shape index (κ3) is 1.46. The second-order valence-corrected chi connectivity index (χ2v) is 4.20. The fraction of sp³-hybridized carbons (Fsp3) is 0.500. The van der Waals surface area contributed by atoms with Crippen molar-refractivity contribution < 1.29 is 1.37 Å². The zero-order valence-electron chi connectivity index (χ0n) is 10.4. The van der Waals surface area contributed by atoms with E-state index in [9.17, 15) is 9.59 Å². The summed E-state index contributed by atoms with van der Waals surface area (Å²) in [5, 5.41) is 0. The van der Waals surface area contributed by atoms with Gasteiger partial charge in [0.15, 0.2) is 5.65 Å². The Hall–Kier alpha value is -1.85. The monoisotopic (exact) mass is 223 g/mol. The van der Waals surface area contributed by atoms with Crippen molar-refractivity contribution in [2.24, 2.45) is 13.0 Å². The van der Waals surface area contributed by atoms with E-state index in [4.69, 9.17) is 1.37 Å². The highest BCUT2D eigenvalue weighted by Crippen LogP contribution is 2.04. The zero-order chi connectivity index (χ0) is 12.7. The van der Waals surface area contributed by atoms with E-state index in [0.717, 1.165) is 4.57 Å². The highest BCUT2D eigenvalue weighted by atomic mass is 16.2. The Kier molecular flexibility index (Phi) is 2.12. The lowest BCUT2D eigenvalue weighted by Crippen LogP contribution is -2.38. The van der Waals surface area contributed by atoms with E-state index in [1.165, 1.54) is 11.6 Å². The van der Waals surface area contributed by atoms with E-state index < -0.39 is 11.2 Å². The molecule has 0 aromatic carbocycles. The quantitative estimate of drug-likeness (QED) is 0.783. The minimum atomic E-state index is -0.448. The third-order valence-corrected chi connectivity index (χ3v) is 2.41. The van der Waals surface area contributed by atoms with Gasteiger partial charge in [0.25, 0.3) is 5.56 Å². The fourth-order valence-corrected chi connectivity index (χ4v) is 1.65. The molecule has 2 rings (SSSR count). The van der Waals surface area contributed by atoms with Gasteiger partial charge in [-0.15, -0.1) is 0 Å². The molecule has 1 N–H and O–H groups in total. The molecule has 0 amide bonds. The SMILES string of the molecule is [2H]c1nc2c([nH]1)c(=O)n(C)c(=O)n2CC(C)C. The first-order valence-electron chi connectivity index (χ1n) is 5.58. The average Bonchev–Trinajstić information content (AvgIpc) is 2.63. The fourth-order valence-electron chi connectivity index (χ4n) is 1.65. The summed E-state index contributed by atoms with van der Waals surface area (Å²) in [6.45, 7) is 4.41. The normalized spacial score (nSPS) is 12.4. The molecule has 2 heterocycles. The van der Waals surface area contributed by atoms with Gasteiger partial charge in [0.1, 0.15) is 6.89 Å². The first-order valence-corrected chi connectivity index (χ1v) is 5.08. The van der Waals surface area contributed by atoms with Crippen LogP contribution in [-0.2, 0) is 13.6 Å². The van der Waals surface area contributed by atoms with Crippen molar-refractivity contribution in [1.29, 1.82) is 0 Å². The molecule has 2 aromatic heterocycles. The van der Waals surface area contributed by atoms with Crippen LogP contribution < -0.4 is 11.2 Å². The predicted octanol–water partition coefficient (Wildman–Crippen LogP) is 0.0793. The number of nitrogens with zero attached hydrogens (tertiary/aromatic N) is 3. The summed E-state index contributed by atoms with van der Waals surface area (Å²) in [7, 11) is 1.42. The van der Waals surface area contributed by atoms with Gasteiger partial charge in [0.2, 0.25) is 0 Å². The van der Waals surface area contributed by atoms with Crippen LogP contribution in [0.2, 0.25) is 0 Å². The molecule has 0 saturated heterocycles. The standard InChI is InChI=1S/C10H14N4O2/c1-6(2)4-14-8-7(11-5-12-8)9(15)13(3)10(14)16/h5-6H,4H2,1-3H3,(H,11,12)/i5D. The minimum Gasteiger partial charge on any atom is -0.339 e. The molecule has 2 aromatic rings. The summed E-state index contributed by atoms with van der Waals surface area (Å²) < 4.78 is 9.87. The van der Waals surface area contributed by atoms with E-state index in [1.54, 1.807) is 0 Å². The molecule has 0 spiro atoms. The molecule has 0 atom stereocenters. The topological polar surface area (TPSA) is 72.7 Å². The Morgan fingerprint density at radius 1 is 1.56 bits per heavy atom. The van der Waals surface area contributed by atoms with Crippen molar-refractivity contribution >= 4 is 11.2 Å². The van der Waals surface area contributed by atoms with Gasteiger partial charge in [-0.05, 0) is 5.92 Å². The van der Waals surface area contributed by atoms with Gasteiger partial charge in [-0.25, -0.2) is 9.78 Å². The van der Waals surface area contributed by atoms with Crippen LogP contribution in [0, 0.1) is 5.92 Å². The number of H-pyrrole nitrogens is 1. The molecule has 0 aliphatic heterocycles. The van der Waals surface area contributed by atoms with Crippen LogP contribution in [0.15, 0.2) is 15.9 Å². The summed E-state index contributed by atoms with van der Waals surface area (Å²) in [5.41, 5.74) is -0.381. The third-order valence-electron chi connectivity index (χ3n) is 2.41. The van der Waals surface area contributed by atoms with Gasteiger partial charge in [-0.3, -0.25) is 13.9 Å². The molecule has 0 bridgehead atoms. The lowest BCUT2D eigenvalue weighted by molar-refractivity contribution is 0.500. The second-order valence-electron chi connectivity index (χ2n) is 4.20. The lowest BCUT2D eigenvalue weighted by Gasteiger charge is -2.10. The molecular weight excluding hydrogens is 208 g/mol. The van der Waals surface area contributed by atoms with Crippen LogP contribution in [0.25, 0.3) is 11.2 Å². The Morgan fingerprint density at radius 2 is 2.25 bits per heavy atom. The molecule has 0 unspecified atom stereocenters. The van der Waals surface area contributed by atoms with Crippen molar-refractivity contribution in [3.05, 3.63) is 27.1 Å². The first-order chi connectivity index (χ1) is 7.91. The summed E-state index contributed by atoms with van der Waals surface area (Å²) in [4.78, 5) is 30.2. The molecule has 0 aliphatic rings. The number of aromatic amines is 1. The largest absolute Gasteiger partial charge is 0.339 e. The van der Waals surface area contributed by atoms with E-state index >= 15 is 0 Å². The maximum Gasteiger partial charge on any atom is 0.332 e. The van der Waals surface area contributed by atoms with E-state index in [1.807, 2.05) is 13.8 Å². The number of hydrogen-bond acceptors (Lipinski definition) is 3. The molecular formula is C10H14N4O2. The van der Waals surface area contributed by atoms with Crippen LogP contribution in [0.5, 0.6) is 0 Å².